The molecule has 1 aliphatic heterocycles. The molecule has 2 aromatic heterocycles. The number of aromatic nitrogens is 2. The highest BCUT2D eigenvalue weighted by atomic mass is 32.1. The van der Waals surface area contributed by atoms with Gasteiger partial charge in [-0.15, -0.1) is 11.3 Å². The second-order valence-electron chi connectivity index (χ2n) is 6.16. The summed E-state index contributed by atoms with van der Waals surface area (Å²) in [6, 6.07) is 7.20. The SMILES string of the molecule is CN1CCc2nc(NC(=O)CCn3c(=O)oc4ccccc43)sc2C1. The molecule has 0 bridgehead atoms. The zero-order chi connectivity index (χ0) is 17.4. The molecule has 0 atom stereocenters. The van der Waals surface area contributed by atoms with Gasteiger partial charge in [0.1, 0.15) is 0 Å². The van der Waals surface area contributed by atoms with Gasteiger partial charge in [0, 0.05) is 37.4 Å². The van der Waals surface area contributed by atoms with Crippen LogP contribution in [0.5, 0.6) is 0 Å². The van der Waals surface area contributed by atoms with Crippen molar-refractivity contribution in [2.45, 2.75) is 25.9 Å². The van der Waals surface area contributed by atoms with Crippen molar-refractivity contribution in [1.29, 1.82) is 0 Å². The molecule has 0 unspecified atom stereocenters. The van der Waals surface area contributed by atoms with Crippen LogP contribution in [0.15, 0.2) is 33.5 Å². The van der Waals surface area contributed by atoms with Crippen molar-refractivity contribution in [1.82, 2.24) is 14.5 Å². The lowest BCUT2D eigenvalue weighted by atomic mass is 10.2. The third kappa shape index (κ3) is 3.22. The molecule has 8 heteroatoms. The van der Waals surface area contributed by atoms with E-state index < -0.39 is 5.76 Å². The largest absolute Gasteiger partial charge is 0.419 e. The highest BCUT2D eigenvalue weighted by Gasteiger charge is 2.19. The quantitative estimate of drug-likeness (QED) is 0.772. The third-order valence-corrected chi connectivity index (χ3v) is 5.30. The molecule has 1 amide bonds. The summed E-state index contributed by atoms with van der Waals surface area (Å²) in [6.45, 7) is 2.13. The Labute approximate surface area is 147 Å². The zero-order valence-electron chi connectivity index (χ0n) is 13.8. The fraction of sp³-hybridized carbons (Fsp3) is 0.353. The summed E-state index contributed by atoms with van der Waals surface area (Å²) in [4.78, 5) is 32.1. The van der Waals surface area contributed by atoms with Gasteiger partial charge in [0.25, 0.3) is 0 Å². The van der Waals surface area contributed by atoms with Gasteiger partial charge in [0.2, 0.25) is 5.91 Å². The molecule has 1 aliphatic rings. The van der Waals surface area contributed by atoms with E-state index in [1.807, 2.05) is 18.2 Å². The number of oxazole rings is 1. The van der Waals surface area contributed by atoms with Crippen molar-refractivity contribution in [3.05, 3.63) is 45.4 Å². The lowest BCUT2D eigenvalue weighted by Crippen LogP contribution is -2.25. The van der Waals surface area contributed by atoms with E-state index in [1.54, 1.807) is 6.07 Å². The number of hydrogen-bond acceptors (Lipinski definition) is 6. The first-order valence-corrected chi connectivity index (χ1v) is 8.97. The van der Waals surface area contributed by atoms with E-state index in [0.717, 1.165) is 25.2 Å². The lowest BCUT2D eigenvalue weighted by molar-refractivity contribution is -0.116. The first-order chi connectivity index (χ1) is 12.1. The number of nitrogens with one attached hydrogen (secondary N) is 1. The van der Waals surface area contributed by atoms with Crippen molar-refractivity contribution in [3.63, 3.8) is 0 Å². The van der Waals surface area contributed by atoms with Gasteiger partial charge < -0.3 is 14.6 Å². The fourth-order valence-electron chi connectivity index (χ4n) is 3.00. The molecule has 0 radical (unpaired) electrons. The maximum Gasteiger partial charge on any atom is 0.419 e. The summed E-state index contributed by atoms with van der Waals surface area (Å²) in [5.41, 5.74) is 2.31. The van der Waals surface area contributed by atoms with Crippen LogP contribution in [-0.2, 0) is 24.3 Å². The molecule has 3 aromatic rings. The number of anilines is 1. The molecule has 0 fully saturated rings. The summed E-state index contributed by atoms with van der Waals surface area (Å²) < 4.78 is 6.66. The molecule has 0 saturated carbocycles. The van der Waals surface area contributed by atoms with Crippen molar-refractivity contribution >= 4 is 33.5 Å². The number of carbonyl (C=O) groups is 1. The number of amides is 1. The number of fused-ring (bicyclic) bond motifs is 2. The van der Waals surface area contributed by atoms with Crippen molar-refractivity contribution in [2.75, 3.05) is 18.9 Å². The van der Waals surface area contributed by atoms with Gasteiger partial charge in [0.15, 0.2) is 10.7 Å². The maximum absolute atomic E-state index is 12.2. The van der Waals surface area contributed by atoms with Crippen molar-refractivity contribution in [3.8, 4) is 0 Å². The second-order valence-corrected chi connectivity index (χ2v) is 7.25. The molecule has 0 aliphatic carbocycles. The summed E-state index contributed by atoms with van der Waals surface area (Å²) >= 11 is 1.52. The topological polar surface area (TPSA) is 80.4 Å². The summed E-state index contributed by atoms with van der Waals surface area (Å²) in [5.74, 6) is -0.599. The highest BCUT2D eigenvalue weighted by molar-refractivity contribution is 7.15. The Morgan fingerprint density at radius 3 is 3.12 bits per heavy atom. The van der Waals surface area contributed by atoms with Crippen LogP contribution in [0, 0.1) is 0 Å². The Balaban J connectivity index is 1.43. The molecule has 0 saturated heterocycles. The molecule has 3 heterocycles. The number of aryl methyl sites for hydroxylation is 1. The molecular weight excluding hydrogens is 340 g/mol. The van der Waals surface area contributed by atoms with E-state index >= 15 is 0 Å². The van der Waals surface area contributed by atoms with Crippen LogP contribution >= 0.6 is 11.3 Å². The van der Waals surface area contributed by atoms with Gasteiger partial charge in [-0.1, -0.05) is 12.1 Å². The fourth-order valence-corrected chi connectivity index (χ4v) is 4.10. The third-order valence-electron chi connectivity index (χ3n) is 4.30. The van der Waals surface area contributed by atoms with E-state index in [9.17, 15) is 9.59 Å². The van der Waals surface area contributed by atoms with E-state index in [0.29, 0.717) is 16.2 Å². The van der Waals surface area contributed by atoms with Crippen molar-refractivity contribution < 1.29 is 9.21 Å². The summed E-state index contributed by atoms with van der Waals surface area (Å²) in [7, 11) is 2.08. The molecule has 130 valence electrons. The summed E-state index contributed by atoms with van der Waals surface area (Å²) in [6.07, 6.45) is 1.10. The first-order valence-electron chi connectivity index (χ1n) is 8.15. The van der Waals surface area contributed by atoms with E-state index in [2.05, 4.69) is 22.2 Å². The maximum atomic E-state index is 12.2. The molecule has 1 aromatic carbocycles. The van der Waals surface area contributed by atoms with Gasteiger partial charge in [-0.05, 0) is 19.2 Å². The van der Waals surface area contributed by atoms with E-state index in [1.165, 1.54) is 20.8 Å². The number of thiazole rings is 1. The van der Waals surface area contributed by atoms with Gasteiger partial charge in [-0.2, -0.15) is 0 Å². The van der Waals surface area contributed by atoms with Gasteiger partial charge in [0.05, 0.1) is 11.2 Å². The Morgan fingerprint density at radius 1 is 1.40 bits per heavy atom. The van der Waals surface area contributed by atoms with Gasteiger partial charge in [-0.25, -0.2) is 9.78 Å². The molecule has 4 rings (SSSR count). The number of benzene rings is 1. The van der Waals surface area contributed by atoms with Gasteiger partial charge in [-0.3, -0.25) is 9.36 Å². The monoisotopic (exact) mass is 358 g/mol. The molecule has 25 heavy (non-hydrogen) atoms. The van der Waals surface area contributed by atoms with Crippen LogP contribution in [0.4, 0.5) is 5.13 Å². The minimum atomic E-state index is -0.443. The minimum absolute atomic E-state index is 0.156. The number of likely N-dealkylation sites (N-methyl/N-ethyl adjacent to an activating group) is 1. The van der Waals surface area contributed by atoms with Crippen molar-refractivity contribution in [2.24, 2.45) is 0 Å². The summed E-state index contributed by atoms with van der Waals surface area (Å²) in [5, 5.41) is 3.48. The number of nitrogens with zero attached hydrogens (tertiary/aromatic N) is 3. The van der Waals surface area contributed by atoms with Crippen LogP contribution in [-0.4, -0.2) is 34.0 Å². The molecule has 1 N–H and O–H groups in total. The van der Waals surface area contributed by atoms with Gasteiger partial charge >= 0.3 is 5.76 Å². The lowest BCUT2D eigenvalue weighted by Gasteiger charge is -2.20. The van der Waals surface area contributed by atoms with Crippen LogP contribution in [0.3, 0.4) is 0 Å². The normalized spacial score (nSPS) is 14.6. The smallest absolute Gasteiger partial charge is 0.408 e. The minimum Gasteiger partial charge on any atom is -0.408 e. The second kappa shape index (κ2) is 6.45. The Hall–Kier alpha value is -2.45. The number of hydrogen-bond donors (Lipinski definition) is 1. The Bertz CT molecular complexity index is 987. The highest BCUT2D eigenvalue weighted by Crippen LogP contribution is 2.27. The average molecular weight is 358 g/mol. The Kier molecular flexibility index (Phi) is 4.14. The predicted octanol–water partition coefficient (Wildman–Crippen LogP) is 2.07. The van der Waals surface area contributed by atoms with Crippen LogP contribution in [0.2, 0.25) is 0 Å². The Morgan fingerprint density at radius 2 is 2.24 bits per heavy atom. The molecular formula is C17H18N4O3S. The average Bonchev–Trinajstić information content (AvgIpc) is 3.11. The first kappa shape index (κ1) is 16.0. The molecule has 0 spiro atoms. The van der Waals surface area contributed by atoms with Crippen LogP contribution in [0.25, 0.3) is 11.1 Å². The zero-order valence-corrected chi connectivity index (χ0v) is 14.6. The van der Waals surface area contributed by atoms with Crippen LogP contribution in [0.1, 0.15) is 17.0 Å². The van der Waals surface area contributed by atoms with E-state index in [4.69, 9.17) is 4.42 Å². The molecule has 7 nitrogen and oxygen atoms in total. The number of carbonyl (C=O) groups excluding carboxylic acids is 1. The van der Waals surface area contributed by atoms with E-state index in [-0.39, 0.29) is 18.9 Å². The predicted molar refractivity (Wildman–Crippen MR) is 95.9 cm³/mol. The standard InChI is InChI=1S/C17H18N4O3S/c1-20-8-6-11-14(10-20)25-16(18-11)19-15(22)7-9-21-12-4-2-3-5-13(12)24-17(21)23/h2-5H,6-10H2,1H3,(H,18,19,22). The number of rotatable bonds is 4. The van der Waals surface area contributed by atoms with Crippen LogP contribution < -0.4 is 11.1 Å². The number of para-hydroxylation sites is 2.